The Hall–Kier alpha value is -2.62. The van der Waals surface area contributed by atoms with E-state index in [1.165, 1.54) is 18.9 Å². The predicted molar refractivity (Wildman–Crippen MR) is 117 cm³/mol. The molecule has 1 unspecified atom stereocenters. The van der Waals surface area contributed by atoms with Crippen molar-refractivity contribution in [1.29, 1.82) is 0 Å². The molecule has 1 amide bonds. The Kier molecular flexibility index (Phi) is 7.67. The second kappa shape index (κ2) is 10.4. The third-order valence-corrected chi connectivity index (χ3v) is 5.62. The standard InChI is InChI=1S/C20H22ClN5O3S/c1-13(19(27)23-15-4-5-17(29-3)16(21)12-15)30-20-25-24-18(26(20)10-11-28-2)14-6-8-22-9-7-14/h4-9,12-13H,10-11H2,1-3H3,(H,23,27). The summed E-state index contributed by atoms with van der Waals surface area (Å²) in [5, 5.41) is 12.1. The van der Waals surface area contributed by atoms with E-state index in [-0.39, 0.29) is 5.91 Å². The predicted octanol–water partition coefficient (Wildman–Crippen LogP) is 3.77. The van der Waals surface area contributed by atoms with Gasteiger partial charge in [0.1, 0.15) is 5.75 Å². The van der Waals surface area contributed by atoms with Crippen molar-refractivity contribution in [1.82, 2.24) is 19.7 Å². The molecule has 30 heavy (non-hydrogen) atoms. The van der Waals surface area contributed by atoms with E-state index in [1.54, 1.807) is 37.7 Å². The third-order valence-electron chi connectivity index (χ3n) is 4.25. The lowest BCUT2D eigenvalue weighted by molar-refractivity contribution is -0.115. The molecule has 3 aromatic rings. The minimum Gasteiger partial charge on any atom is -0.495 e. The van der Waals surface area contributed by atoms with Crippen molar-refractivity contribution in [3.8, 4) is 17.1 Å². The molecule has 1 atom stereocenters. The number of methoxy groups -OCH3 is 2. The Bertz CT molecular complexity index is 999. The number of ether oxygens (including phenoxy) is 2. The second-order valence-electron chi connectivity index (χ2n) is 6.29. The first-order valence-corrected chi connectivity index (χ1v) is 10.4. The fourth-order valence-electron chi connectivity index (χ4n) is 2.67. The molecule has 158 valence electrons. The van der Waals surface area contributed by atoms with Gasteiger partial charge in [-0.2, -0.15) is 0 Å². The van der Waals surface area contributed by atoms with Crippen molar-refractivity contribution < 1.29 is 14.3 Å². The van der Waals surface area contributed by atoms with Gasteiger partial charge in [-0.15, -0.1) is 10.2 Å². The number of nitrogens with one attached hydrogen (secondary N) is 1. The van der Waals surface area contributed by atoms with Crippen LogP contribution in [-0.2, 0) is 16.1 Å². The molecule has 2 heterocycles. The molecule has 1 aromatic carbocycles. The van der Waals surface area contributed by atoms with Gasteiger partial charge in [-0.25, -0.2) is 0 Å². The van der Waals surface area contributed by atoms with Crippen LogP contribution >= 0.6 is 23.4 Å². The highest BCUT2D eigenvalue weighted by Gasteiger charge is 2.21. The van der Waals surface area contributed by atoms with E-state index in [0.29, 0.717) is 40.6 Å². The van der Waals surface area contributed by atoms with Crippen LogP contribution in [0.4, 0.5) is 5.69 Å². The number of hydrogen-bond acceptors (Lipinski definition) is 7. The Morgan fingerprint density at radius 2 is 2.00 bits per heavy atom. The first kappa shape index (κ1) is 22.1. The zero-order valence-electron chi connectivity index (χ0n) is 16.8. The lowest BCUT2D eigenvalue weighted by Gasteiger charge is -2.14. The Morgan fingerprint density at radius 3 is 2.67 bits per heavy atom. The number of hydrogen-bond donors (Lipinski definition) is 1. The van der Waals surface area contributed by atoms with Crippen molar-refractivity contribution in [3.63, 3.8) is 0 Å². The number of carbonyl (C=O) groups excluding carboxylic acids is 1. The van der Waals surface area contributed by atoms with Crippen LogP contribution in [0, 0.1) is 0 Å². The number of nitrogens with zero attached hydrogens (tertiary/aromatic N) is 4. The van der Waals surface area contributed by atoms with Gasteiger partial charge in [0.15, 0.2) is 11.0 Å². The first-order valence-electron chi connectivity index (χ1n) is 9.17. The van der Waals surface area contributed by atoms with E-state index in [1.807, 2.05) is 23.6 Å². The topological polar surface area (TPSA) is 91.2 Å². The fraction of sp³-hybridized carbons (Fsp3) is 0.300. The van der Waals surface area contributed by atoms with Gasteiger partial charge < -0.3 is 14.8 Å². The minimum atomic E-state index is -0.415. The number of carbonyl (C=O) groups is 1. The molecule has 0 aliphatic carbocycles. The molecular weight excluding hydrogens is 426 g/mol. The van der Waals surface area contributed by atoms with Crippen molar-refractivity contribution >= 4 is 35.0 Å². The molecule has 0 bridgehead atoms. The molecule has 0 spiro atoms. The van der Waals surface area contributed by atoms with E-state index in [4.69, 9.17) is 21.1 Å². The van der Waals surface area contributed by atoms with Gasteiger partial charge in [0, 0.05) is 30.8 Å². The maximum atomic E-state index is 12.7. The van der Waals surface area contributed by atoms with Gasteiger partial charge in [-0.3, -0.25) is 14.3 Å². The zero-order chi connectivity index (χ0) is 21.5. The summed E-state index contributed by atoms with van der Waals surface area (Å²) in [7, 11) is 3.18. The Morgan fingerprint density at radius 1 is 1.23 bits per heavy atom. The third kappa shape index (κ3) is 5.29. The van der Waals surface area contributed by atoms with Crippen LogP contribution in [0.25, 0.3) is 11.4 Å². The molecule has 0 aliphatic rings. The average Bonchev–Trinajstić information content (AvgIpc) is 3.15. The van der Waals surface area contributed by atoms with Crippen molar-refractivity contribution in [3.05, 3.63) is 47.7 Å². The summed E-state index contributed by atoms with van der Waals surface area (Å²) in [6.07, 6.45) is 3.40. The molecule has 0 saturated carbocycles. The van der Waals surface area contributed by atoms with Crippen molar-refractivity contribution in [2.75, 3.05) is 26.1 Å². The maximum absolute atomic E-state index is 12.7. The molecule has 2 aromatic heterocycles. The molecule has 3 rings (SSSR count). The quantitative estimate of drug-likeness (QED) is 0.499. The van der Waals surface area contributed by atoms with Crippen LogP contribution in [-0.4, -0.2) is 51.7 Å². The van der Waals surface area contributed by atoms with Crippen molar-refractivity contribution in [2.24, 2.45) is 0 Å². The highest BCUT2D eigenvalue weighted by atomic mass is 35.5. The highest BCUT2D eigenvalue weighted by Crippen LogP contribution is 2.29. The van der Waals surface area contributed by atoms with E-state index < -0.39 is 5.25 Å². The number of anilines is 1. The number of pyridine rings is 1. The minimum absolute atomic E-state index is 0.173. The summed E-state index contributed by atoms with van der Waals surface area (Å²) < 4.78 is 12.3. The number of benzene rings is 1. The van der Waals surface area contributed by atoms with Crippen molar-refractivity contribution in [2.45, 2.75) is 23.9 Å². The van der Waals surface area contributed by atoms with Gasteiger partial charge in [-0.05, 0) is 37.3 Å². The number of halogens is 1. The van der Waals surface area contributed by atoms with Gasteiger partial charge in [0.05, 0.1) is 30.5 Å². The summed E-state index contributed by atoms with van der Waals surface area (Å²) in [5.41, 5.74) is 1.49. The lowest BCUT2D eigenvalue weighted by Crippen LogP contribution is -2.23. The second-order valence-corrected chi connectivity index (χ2v) is 8.00. The molecule has 0 radical (unpaired) electrons. The maximum Gasteiger partial charge on any atom is 0.237 e. The fourth-order valence-corrected chi connectivity index (χ4v) is 3.81. The monoisotopic (exact) mass is 447 g/mol. The largest absolute Gasteiger partial charge is 0.495 e. The average molecular weight is 448 g/mol. The number of aromatic nitrogens is 4. The van der Waals surface area contributed by atoms with E-state index in [0.717, 1.165) is 5.56 Å². The lowest BCUT2D eigenvalue weighted by atomic mass is 10.2. The van der Waals surface area contributed by atoms with Crippen LogP contribution in [0.1, 0.15) is 6.92 Å². The normalized spacial score (nSPS) is 11.9. The summed E-state index contributed by atoms with van der Waals surface area (Å²) in [4.78, 5) is 16.7. The van der Waals surface area contributed by atoms with Gasteiger partial charge in [0.25, 0.3) is 0 Å². The molecule has 0 fully saturated rings. The van der Waals surface area contributed by atoms with Crippen LogP contribution in [0.3, 0.4) is 0 Å². The van der Waals surface area contributed by atoms with Gasteiger partial charge in [-0.1, -0.05) is 23.4 Å². The number of thioether (sulfide) groups is 1. The van der Waals surface area contributed by atoms with Crippen LogP contribution in [0.15, 0.2) is 47.9 Å². The van der Waals surface area contributed by atoms with Crippen LogP contribution < -0.4 is 10.1 Å². The number of rotatable bonds is 9. The Labute approximate surface area is 184 Å². The Balaban J connectivity index is 1.75. The molecule has 0 saturated heterocycles. The summed E-state index contributed by atoms with van der Waals surface area (Å²) >= 11 is 7.46. The molecule has 10 heteroatoms. The molecule has 8 nitrogen and oxygen atoms in total. The summed E-state index contributed by atoms with van der Waals surface area (Å²) in [5.74, 6) is 1.08. The van der Waals surface area contributed by atoms with E-state index in [9.17, 15) is 4.79 Å². The van der Waals surface area contributed by atoms with Crippen LogP contribution in [0.2, 0.25) is 5.02 Å². The molecular formula is C20H22ClN5O3S. The smallest absolute Gasteiger partial charge is 0.237 e. The van der Waals surface area contributed by atoms with Crippen LogP contribution in [0.5, 0.6) is 5.75 Å². The first-order chi connectivity index (χ1) is 14.5. The van der Waals surface area contributed by atoms with Gasteiger partial charge in [0.2, 0.25) is 5.91 Å². The molecule has 1 N–H and O–H groups in total. The summed E-state index contributed by atoms with van der Waals surface area (Å²) in [6, 6.07) is 8.83. The highest BCUT2D eigenvalue weighted by molar-refractivity contribution is 8.00. The summed E-state index contributed by atoms with van der Waals surface area (Å²) in [6.45, 7) is 2.87. The number of amides is 1. The van der Waals surface area contributed by atoms with Gasteiger partial charge >= 0.3 is 0 Å². The molecule has 0 aliphatic heterocycles. The zero-order valence-corrected chi connectivity index (χ0v) is 18.4. The van der Waals surface area contributed by atoms with E-state index in [2.05, 4.69) is 20.5 Å². The SMILES string of the molecule is COCCn1c(SC(C)C(=O)Nc2ccc(OC)c(Cl)c2)nnc1-c1ccncc1. The van der Waals surface area contributed by atoms with E-state index >= 15 is 0 Å².